The van der Waals surface area contributed by atoms with Crippen molar-refractivity contribution in [1.82, 2.24) is 15.4 Å². The average molecular weight is 369 g/mol. The number of thiophene rings is 1. The fourth-order valence-corrected chi connectivity index (χ4v) is 4.55. The SMILES string of the molecule is CNC(=O)c1ccc(C2CCCN2C(=O)Cc2noc3ccccc23)s1. The van der Waals surface area contributed by atoms with Gasteiger partial charge in [-0.15, -0.1) is 11.3 Å². The number of fused-ring (bicyclic) bond motifs is 1. The van der Waals surface area contributed by atoms with Gasteiger partial charge in [-0.2, -0.15) is 0 Å². The third-order valence-corrected chi connectivity index (χ3v) is 5.94. The highest BCUT2D eigenvalue weighted by Crippen LogP contribution is 2.36. The van der Waals surface area contributed by atoms with Crippen LogP contribution in [0.25, 0.3) is 11.0 Å². The minimum atomic E-state index is -0.0915. The maximum Gasteiger partial charge on any atom is 0.261 e. The molecule has 3 aromatic rings. The van der Waals surface area contributed by atoms with E-state index < -0.39 is 0 Å². The van der Waals surface area contributed by atoms with Gasteiger partial charge in [-0.25, -0.2) is 0 Å². The highest BCUT2D eigenvalue weighted by Gasteiger charge is 2.32. The zero-order chi connectivity index (χ0) is 18.1. The van der Waals surface area contributed by atoms with E-state index in [-0.39, 0.29) is 24.3 Å². The number of aromatic nitrogens is 1. The van der Waals surface area contributed by atoms with Crippen LogP contribution in [0.3, 0.4) is 0 Å². The topological polar surface area (TPSA) is 75.4 Å². The van der Waals surface area contributed by atoms with Gasteiger partial charge in [0.15, 0.2) is 5.58 Å². The number of hydrogen-bond donors (Lipinski definition) is 1. The molecule has 0 aliphatic carbocycles. The first-order chi connectivity index (χ1) is 12.7. The van der Waals surface area contributed by atoms with E-state index in [2.05, 4.69) is 10.5 Å². The molecule has 1 aliphatic rings. The van der Waals surface area contributed by atoms with Crippen molar-refractivity contribution in [3.63, 3.8) is 0 Å². The number of rotatable bonds is 4. The van der Waals surface area contributed by atoms with E-state index in [0.29, 0.717) is 16.2 Å². The molecule has 0 saturated carbocycles. The van der Waals surface area contributed by atoms with Crippen LogP contribution in [0, 0.1) is 0 Å². The molecular formula is C19H19N3O3S. The summed E-state index contributed by atoms with van der Waals surface area (Å²) < 4.78 is 5.30. The van der Waals surface area contributed by atoms with Crippen LogP contribution >= 0.6 is 11.3 Å². The minimum absolute atomic E-state index is 0.0315. The summed E-state index contributed by atoms with van der Waals surface area (Å²) in [5, 5.41) is 7.59. The summed E-state index contributed by atoms with van der Waals surface area (Å²) in [6, 6.07) is 11.4. The summed E-state index contributed by atoms with van der Waals surface area (Å²) in [4.78, 5) is 28.3. The van der Waals surface area contributed by atoms with Crippen LogP contribution in [0.5, 0.6) is 0 Å². The molecule has 1 aliphatic heterocycles. The van der Waals surface area contributed by atoms with Crippen molar-refractivity contribution in [3.8, 4) is 0 Å². The van der Waals surface area contributed by atoms with Crippen molar-refractivity contribution in [2.75, 3.05) is 13.6 Å². The van der Waals surface area contributed by atoms with Gasteiger partial charge in [-0.3, -0.25) is 9.59 Å². The van der Waals surface area contributed by atoms with Gasteiger partial charge in [-0.1, -0.05) is 17.3 Å². The van der Waals surface area contributed by atoms with Crippen LogP contribution in [-0.4, -0.2) is 35.5 Å². The Bertz CT molecular complexity index is 962. The number of carbonyl (C=O) groups is 2. The van der Waals surface area contributed by atoms with Crippen LogP contribution in [0.1, 0.15) is 39.1 Å². The monoisotopic (exact) mass is 369 g/mol. The number of likely N-dealkylation sites (tertiary alicyclic amines) is 1. The number of nitrogens with zero attached hydrogens (tertiary/aromatic N) is 2. The lowest BCUT2D eigenvalue weighted by Gasteiger charge is -2.23. The normalized spacial score (nSPS) is 17.0. The fraction of sp³-hybridized carbons (Fsp3) is 0.316. The second kappa shape index (κ2) is 6.92. The van der Waals surface area contributed by atoms with E-state index in [1.807, 2.05) is 41.3 Å². The van der Waals surface area contributed by atoms with Gasteiger partial charge in [0.25, 0.3) is 5.91 Å². The molecule has 1 saturated heterocycles. The van der Waals surface area contributed by atoms with Gasteiger partial charge in [-0.05, 0) is 37.1 Å². The first kappa shape index (κ1) is 16.8. The number of amides is 2. The van der Waals surface area contributed by atoms with Crippen molar-refractivity contribution in [2.24, 2.45) is 0 Å². The highest BCUT2D eigenvalue weighted by molar-refractivity contribution is 7.14. The first-order valence-electron chi connectivity index (χ1n) is 8.62. The number of nitrogens with one attached hydrogen (secondary N) is 1. The average Bonchev–Trinajstić information content (AvgIpc) is 3.40. The molecule has 4 rings (SSSR count). The maximum atomic E-state index is 12.9. The van der Waals surface area contributed by atoms with E-state index in [1.54, 1.807) is 7.05 Å². The molecule has 1 fully saturated rings. The zero-order valence-corrected chi connectivity index (χ0v) is 15.2. The van der Waals surface area contributed by atoms with E-state index in [9.17, 15) is 9.59 Å². The second-order valence-electron chi connectivity index (χ2n) is 6.33. The second-order valence-corrected chi connectivity index (χ2v) is 7.44. The standard InChI is InChI=1S/C19H19N3O3S/c1-20-19(24)17-9-8-16(26-17)14-6-4-10-22(14)18(23)11-13-12-5-2-3-7-15(12)25-21-13/h2-3,5,7-9,14H,4,6,10-11H2,1H3,(H,20,24). The molecule has 134 valence electrons. The molecule has 0 spiro atoms. The predicted octanol–water partition coefficient (Wildman–Crippen LogP) is 3.16. The lowest BCUT2D eigenvalue weighted by Crippen LogP contribution is -2.31. The third kappa shape index (κ3) is 2.99. The molecule has 2 aromatic heterocycles. The Labute approximate surface area is 154 Å². The van der Waals surface area contributed by atoms with E-state index >= 15 is 0 Å². The molecule has 1 atom stereocenters. The molecular weight excluding hydrogens is 350 g/mol. The Morgan fingerprint density at radius 3 is 3.00 bits per heavy atom. The summed E-state index contributed by atoms with van der Waals surface area (Å²) >= 11 is 1.45. The van der Waals surface area contributed by atoms with Crippen LogP contribution < -0.4 is 5.32 Å². The van der Waals surface area contributed by atoms with Crippen LogP contribution in [0.2, 0.25) is 0 Å². The van der Waals surface area contributed by atoms with Crippen molar-refractivity contribution < 1.29 is 14.1 Å². The summed E-state index contributed by atoms with van der Waals surface area (Å²) in [6.07, 6.45) is 2.10. The molecule has 7 heteroatoms. The quantitative estimate of drug-likeness (QED) is 0.766. The summed E-state index contributed by atoms with van der Waals surface area (Å²) in [7, 11) is 1.62. The van der Waals surface area contributed by atoms with Crippen LogP contribution in [0.4, 0.5) is 0 Å². The maximum absolute atomic E-state index is 12.9. The van der Waals surface area contributed by atoms with Gasteiger partial charge in [0.2, 0.25) is 5.91 Å². The minimum Gasteiger partial charge on any atom is -0.356 e. The zero-order valence-electron chi connectivity index (χ0n) is 14.4. The number of para-hydroxylation sites is 1. The Hall–Kier alpha value is -2.67. The summed E-state index contributed by atoms with van der Waals surface area (Å²) in [5.41, 5.74) is 1.37. The number of hydrogen-bond acceptors (Lipinski definition) is 5. The van der Waals surface area contributed by atoms with Crippen molar-refractivity contribution in [3.05, 3.63) is 51.8 Å². The van der Waals surface area contributed by atoms with Gasteiger partial charge in [0.1, 0.15) is 5.69 Å². The predicted molar refractivity (Wildman–Crippen MR) is 99.1 cm³/mol. The molecule has 0 radical (unpaired) electrons. The molecule has 6 nitrogen and oxygen atoms in total. The molecule has 1 unspecified atom stereocenters. The Balaban J connectivity index is 1.53. The largest absolute Gasteiger partial charge is 0.356 e. The van der Waals surface area contributed by atoms with Crippen molar-refractivity contribution in [2.45, 2.75) is 25.3 Å². The Morgan fingerprint density at radius 2 is 2.15 bits per heavy atom. The Morgan fingerprint density at radius 1 is 1.31 bits per heavy atom. The number of carbonyl (C=O) groups excluding carboxylic acids is 2. The Kier molecular flexibility index (Phi) is 4.46. The van der Waals surface area contributed by atoms with Gasteiger partial charge >= 0.3 is 0 Å². The summed E-state index contributed by atoms with van der Waals surface area (Å²) in [6.45, 7) is 0.729. The van der Waals surface area contributed by atoms with Crippen molar-refractivity contribution >= 4 is 34.1 Å². The molecule has 26 heavy (non-hydrogen) atoms. The third-order valence-electron chi connectivity index (χ3n) is 4.75. The van der Waals surface area contributed by atoms with Crippen molar-refractivity contribution in [1.29, 1.82) is 0 Å². The molecule has 2 amide bonds. The summed E-state index contributed by atoms with van der Waals surface area (Å²) in [5.74, 6) is -0.0485. The molecule has 1 N–H and O–H groups in total. The highest BCUT2D eigenvalue weighted by atomic mass is 32.1. The first-order valence-corrected chi connectivity index (χ1v) is 9.43. The van der Waals surface area contributed by atoms with Gasteiger partial charge in [0, 0.05) is 23.9 Å². The molecule has 1 aromatic carbocycles. The number of benzene rings is 1. The van der Waals surface area contributed by atoms with E-state index in [1.165, 1.54) is 11.3 Å². The van der Waals surface area contributed by atoms with Gasteiger partial charge in [0.05, 0.1) is 17.3 Å². The lowest BCUT2D eigenvalue weighted by atomic mass is 10.1. The lowest BCUT2D eigenvalue weighted by molar-refractivity contribution is -0.131. The van der Waals surface area contributed by atoms with E-state index in [0.717, 1.165) is 29.6 Å². The smallest absolute Gasteiger partial charge is 0.261 e. The molecule has 3 heterocycles. The fourth-order valence-electron chi connectivity index (χ4n) is 3.45. The van der Waals surface area contributed by atoms with Crippen LogP contribution in [-0.2, 0) is 11.2 Å². The van der Waals surface area contributed by atoms with Crippen LogP contribution in [0.15, 0.2) is 40.9 Å². The molecule has 0 bridgehead atoms. The van der Waals surface area contributed by atoms with Gasteiger partial charge < -0.3 is 14.7 Å². The van der Waals surface area contributed by atoms with E-state index in [4.69, 9.17) is 4.52 Å².